The lowest BCUT2D eigenvalue weighted by molar-refractivity contribution is 0.108. The van der Waals surface area contributed by atoms with Crippen molar-refractivity contribution in [2.75, 3.05) is 50.6 Å². The fraction of sp³-hybridized carbons (Fsp3) is 0.526. The van der Waals surface area contributed by atoms with Gasteiger partial charge in [-0.05, 0) is 20.9 Å². The van der Waals surface area contributed by atoms with Gasteiger partial charge in [-0.3, -0.25) is 0 Å². The number of hydrogen-bond donors (Lipinski definition) is 0. The van der Waals surface area contributed by atoms with Gasteiger partial charge in [-0.1, -0.05) is 18.2 Å². The fourth-order valence-electron chi connectivity index (χ4n) is 4.59. The molecular formula is C19H25ClFN5. The second-order valence-corrected chi connectivity index (χ2v) is 8.13. The lowest BCUT2D eigenvalue weighted by Crippen LogP contribution is -2.60. The van der Waals surface area contributed by atoms with Gasteiger partial charge in [0.25, 0.3) is 0 Å². The Bertz CT molecular complexity index is 836. The first-order valence-corrected chi connectivity index (χ1v) is 9.31. The minimum absolute atomic E-state index is 0.253. The highest BCUT2D eigenvalue weighted by molar-refractivity contribution is 6.36. The van der Waals surface area contributed by atoms with Crippen LogP contribution in [0.15, 0.2) is 17.4 Å². The van der Waals surface area contributed by atoms with Crippen LogP contribution in [0.4, 0.5) is 15.8 Å². The summed E-state index contributed by atoms with van der Waals surface area (Å²) in [6.07, 6.45) is 0. The molecule has 0 N–H and O–H groups in total. The zero-order valence-electron chi connectivity index (χ0n) is 16.0. The summed E-state index contributed by atoms with van der Waals surface area (Å²) < 4.78 is 15.3. The Hall–Kier alpha value is -1.79. The molecule has 0 radical (unpaired) electrons. The number of fused-ring (bicyclic) bond motifs is 2. The highest BCUT2D eigenvalue weighted by Gasteiger charge is 2.43. The molecule has 1 aromatic carbocycles. The fourth-order valence-corrected chi connectivity index (χ4v) is 4.92. The molecule has 4 rings (SSSR count). The van der Waals surface area contributed by atoms with Crippen LogP contribution < -0.4 is 9.80 Å². The van der Waals surface area contributed by atoms with E-state index in [0.29, 0.717) is 22.1 Å². The predicted octanol–water partition coefficient (Wildman–Crippen LogP) is 2.91. The van der Waals surface area contributed by atoms with Crippen LogP contribution in [0, 0.1) is 12.7 Å². The number of halogens is 2. The molecule has 3 heterocycles. The Labute approximate surface area is 159 Å². The number of anilines is 2. The normalized spacial score (nSPS) is 25.7. The van der Waals surface area contributed by atoms with Crippen LogP contribution in [0.25, 0.3) is 0 Å². The number of rotatable bonds is 0. The van der Waals surface area contributed by atoms with E-state index in [1.807, 2.05) is 14.1 Å². The van der Waals surface area contributed by atoms with Gasteiger partial charge < -0.3 is 19.6 Å². The quantitative estimate of drug-likeness (QED) is 0.694. The van der Waals surface area contributed by atoms with E-state index in [9.17, 15) is 0 Å². The van der Waals surface area contributed by atoms with Crippen molar-refractivity contribution in [3.8, 4) is 0 Å². The van der Waals surface area contributed by atoms with Gasteiger partial charge in [0.05, 0.1) is 28.0 Å². The molecule has 0 aromatic heterocycles. The maximum absolute atomic E-state index is 15.3. The largest absolute Gasteiger partial charge is 0.371 e. The molecule has 7 heteroatoms. The summed E-state index contributed by atoms with van der Waals surface area (Å²) >= 11 is 6.64. The number of benzene rings is 1. The average Bonchev–Trinajstić information content (AvgIpc) is 2.67. The third kappa shape index (κ3) is 2.28. The summed E-state index contributed by atoms with van der Waals surface area (Å²) in [6, 6.07) is 0.521. The Morgan fingerprint density at radius 3 is 2.54 bits per heavy atom. The third-order valence-corrected chi connectivity index (χ3v) is 6.27. The van der Waals surface area contributed by atoms with Gasteiger partial charge in [0.1, 0.15) is 11.7 Å². The van der Waals surface area contributed by atoms with Gasteiger partial charge in [-0.2, -0.15) is 0 Å². The van der Waals surface area contributed by atoms with E-state index in [0.717, 1.165) is 36.7 Å². The van der Waals surface area contributed by atoms with Crippen LogP contribution in [0.2, 0.25) is 5.02 Å². The van der Waals surface area contributed by atoms with Gasteiger partial charge in [0.15, 0.2) is 5.82 Å². The SMILES string of the molecule is C=C1N=C2c3c(c(Cl)c(C)c(F)c3N1C)N(C)CC1CN(C)CC(C)N21. The molecule has 2 atom stereocenters. The van der Waals surface area contributed by atoms with E-state index in [-0.39, 0.29) is 17.9 Å². The van der Waals surface area contributed by atoms with Gasteiger partial charge >= 0.3 is 0 Å². The standard InChI is InChI=1S/C19H25ClFN5/c1-10-7-23(4)8-13-9-24(5)17-14-18(16(21)11(2)15(17)20)25(6)12(3)22-19(14)26(10)13/h10,13H,3,7-9H2,1-2,4-6H3. The molecule has 3 aliphatic rings. The zero-order chi connectivity index (χ0) is 18.9. The number of piperazine rings is 1. The number of nitrogens with zero attached hydrogens (tertiary/aromatic N) is 5. The first-order valence-electron chi connectivity index (χ1n) is 8.93. The van der Waals surface area contributed by atoms with Crippen molar-refractivity contribution in [1.82, 2.24) is 9.80 Å². The number of aliphatic imine (C=N–C) groups is 1. The van der Waals surface area contributed by atoms with E-state index in [4.69, 9.17) is 16.6 Å². The summed E-state index contributed by atoms with van der Waals surface area (Å²) in [5.74, 6) is 1.06. The van der Waals surface area contributed by atoms with E-state index in [1.54, 1.807) is 11.8 Å². The molecule has 3 aliphatic heterocycles. The topological polar surface area (TPSA) is 25.3 Å². The number of amidine groups is 1. The zero-order valence-corrected chi connectivity index (χ0v) is 16.7. The van der Waals surface area contributed by atoms with Crippen LogP contribution in [0.1, 0.15) is 18.1 Å². The molecule has 0 aliphatic carbocycles. The van der Waals surface area contributed by atoms with Gasteiger partial charge in [-0.25, -0.2) is 9.38 Å². The van der Waals surface area contributed by atoms with E-state index in [1.165, 1.54) is 0 Å². The maximum atomic E-state index is 15.3. The molecule has 0 spiro atoms. The number of likely N-dealkylation sites (N-methyl/N-ethyl adjacent to an activating group) is 2. The lowest BCUT2D eigenvalue weighted by atomic mass is 9.99. The molecule has 2 unspecified atom stereocenters. The third-order valence-electron chi connectivity index (χ3n) is 5.81. The smallest absolute Gasteiger partial charge is 0.152 e. The second kappa shape index (κ2) is 5.86. The van der Waals surface area contributed by atoms with Crippen molar-refractivity contribution >= 4 is 28.8 Å². The van der Waals surface area contributed by atoms with Gasteiger partial charge in [-0.15, -0.1) is 0 Å². The van der Waals surface area contributed by atoms with Crippen molar-refractivity contribution in [2.24, 2.45) is 4.99 Å². The average molecular weight is 378 g/mol. The predicted molar refractivity (Wildman–Crippen MR) is 106 cm³/mol. The molecule has 5 nitrogen and oxygen atoms in total. The molecule has 1 aromatic rings. The van der Waals surface area contributed by atoms with Gasteiger partial charge in [0.2, 0.25) is 0 Å². The van der Waals surface area contributed by atoms with Gasteiger partial charge in [0, 0.05) is 45.3 Å². The van der Waals surface area contributed by atoms with Crippen LogP contribution >= 0.6 is 11.6 Å². The first kappa shape index (κ1) is 17.6. The molecular weight excluding hydrogens is 353 g/mol. The Morgan fingerprint density at radius 2 is 1.85 bits per heavy atom. The van der Waals surface area contributed by atoms with Crippen LogP contribution in [-0.4, -0.2) is 68.5 Å². The molecule has 0 saturated carbocycles. The number of hydrogen-bond acceptors (Lipinski definition) is 5. The van der Waals surface area contributed by atoms with Crippen molar-refractivity contribution in [1.29, 1.82) is 0 Å². The molecule has 1 fully saturated rings. The molecule has 0 amide bonds. The highest BCUT2D eigenvalue weighted by atomic mass is 35.5. The Kier molecular flexibility index (Phi) is 3.97. The summed E-state index contributed by atoms with van der Waals surface area (Å²) in [7, 11) is 5.98. The molecule has 140 valence electrons. The van der Waals surface area contributed by atoms with Crippen molar-refractivity contribution in [2.45, 2.75) is 25.9 Å². The summed E-state index contributed by atoms with van der Waals surface area (Å²) in [4.78, 5) is 13.4. The van der Waals surface area contributed by atoms with Crippen LogP contribution in [-0.2, 0) is 0 Å². The van der Waals surface area contributed by atoms with Crippen molar-refractivity contribution < 1.29 is 4.39 Å². The minimum atomic E-state index is -0.293. The second-order valence-electron chi connectivity index (χ2n) is 7.75. The summed E-state index contributed by atoms with van der Waals surface area (Å²) in [6.45, 7) is 10.7. The first-order chi connectivity index (χ1) is 12.2. The van der Waals surface area contributed by atoms with Crippen molar-refractivity contribution in [3.63, 3.8) is 0 Å². The Morgan fingerprint density at radius 1 is 1.15 bits per heavy atom. The molecule has 1 saturated heterocycles. The summed E-state index contributed by atoms with van der Waals surface area (Å²) in [5, 5.41) is 0.471. The molecule has 26 heavy (non-hydrogen) atoms. The van der Waals surface area contributed by atoms with E-state index < -0.39 is 0 Å². The highest BCUT2D eigenvalue weighted by Crippen LogP contribution is 2.46. The monoisotopic (exact) mass is 377 g/mol. The van der Waals surface area contributed by atoms with E-state index in [2.05, 4.69) is 35.3 Å². The van der Waals surface area contributed by atoms with Crippen LogP contribution in [0.3, 0.4) is 0 Å². The van der Waals surface area contributed by atoms with Crippen molar-refractivity contribution in [3.05, 3.63) is 34.4 Å². The maximum Gasteiger partial charge on any atom is 0.152 e. The van der Waals surface area contributed by atoms with E-state index >= 15 is 4.39 Å². The van der Waals surface area contributed by atoms with Crippen LogP contribution in [0.5, 0.6) is 0 Å². The summed E-state index contributed by atoms with van der Waals surface area (Å²) in [5.41, 5.74) is 2.64. The Balaban J connectivity index is 2.05. The molecule has 0 bridgehead atoms. The lowest BCUT2D eigenvalue weighted by Gasteiger charge is -2.46. The minimum Gasteiger partial charge on any atom is -0.371 e.